The summed E-state index contributed by atoms with van der Waals surface area (Å²) in [5, 5.41) is 6.33. The summed E-state index contributed by atoms with van der Waals surface area (Å²) in [4.78, 5) is 31.5. The van der Waals surface area contributed by atoms with E-state index < -0.39 is 5.54 Å². The van der Waals surface area contributed by atoms with E-state index >= 15 is 0 Å². The number of rotatable bonds is 6. The Bertz CT molecular complexity index is 843. The number of nitrogens with zero attached hydrogens (tertiary/aromatic N) is 3. The van der Waals surface area contributed by atoms with Crippen molar-refractivity contribution in [3.8, 4) is 0 Å². The van der Waals surface area contributed by atoms with Crippen LogP contribution in [0.15, 0.2) is 43.0 Å². The summed E-state index contributed by atoms with van der Waals surface area (Å²) in [5.41, 5.74) is -0.142. The van der Waals surface area contributed by atoms with Crippen LogP contribution in [0, 0.1) is 11.7 Å². The fourth-order valence-corrected chi connectivity index (χ4v) is 4.26. The maximum atomic E-state index is 13.5. The van der Waals surface area contributed by atoms with Crippen LogP contribution in [0.1, 0.15) is 18.4 Å². The molecule has 0 spiro atoms. The van der Waals surface area contributed by atoms with E-state index in [9.17, 15) is 14.0 Å². The predicted octanol–water partition coefficient (Wildman–Crippen LogP) is 2.40. The monoisotopic (exact) mass is 457 g/mol. The minimum atomic E-state index is -0.980. The van der Waals surface area contributed by atoms with Crippen LogP contribution in [-0.2, 0) is 17.8 Å². The van der Waals surface area contributed by atoms with Crippen molar-refractivity contribution in [1.29, 1.82) is 0 Å². The van der Waals surface area contributed by atoms with Gasteiger partial charge in [-0.3, -0.25) is 9.69 Å². The fraction of sp³-hybridized carbons (Fsp3) is 0.450. The average molecular weight is 458 g/mol. The van der Waals surface area contributed by atoms with Gasteiger partial charge in [-0.1, -0.05) is 12.1 Å². The third-order valence-electron chi connectivity index (χ3n) is 5.78. The van der Waals surface area contributed by atoms with Crippen molar-refractivity contribution in [1.82, 2.24) is 25.1 Å². The lowest BCUT2D eigenvalue weighted by Gasteiger charge is -2.38. The second-order valence-corrected chi connectivity index (χ2v) is 7.49. The Morgan fingerprint density at radius 1 is 1.10 bits per heavy atom. The summed E-state index contributed by atoms with van der Waals surface area (Å²) >= 11 is 0. The second-order valence-electron chi connectivity index (χ2n) is 7.49. The zero-order valence-corrected chi connectivity index (χ0v) is 18.1. The van der Waals surface area contributed by atoms with Gasteiger partial charge in [0, 0.05) is 31.9 Å². The maximum Gasteiger partial charge on any atom is 0.325 e. The second kappa shape index (κ2) is 10.2. The van der Waals surface area contributed by atoms with Crippen molar-refractivity contribution in [3.05, 3.63) is 54.4 Å². The van der Waals surface area contributed by atoms with E-state index in [0.29, 0.717) is 13.0 Å². The summed E-state index contributed by atoms with van der Waals surface area (Å²) in [5.74, 6) is -0.467. The number of imidazole rings is 1. The molecule has 4 rings (SSSR count). The van der Waals surface area contributed by atoms with Gasteiger partial charge < -0.3 is 15.2 Å². The quantitative estimate of drug-likeness (QED) is 0.652. The molecule has 1 aromatic heterocycles. The Labute approximate surface area is 187 Å². The molecule has 2 aliphatic heterocycles. The number of hydrogen-bond donors (Lipinski definition) is 2. The number of piperidine rings is 1. The van der Waals surface area contributed by atoms with Crippen LogP contribution < -0.4 is 10.6 Å². The van der Waals surface area contributed by atoms with E-state index in [1.54, 1.807) is 30.9 Å². The van der Waals surface area contributed by atoms with Gasteiger partial charge in [0.25, 0.3) is 5.91 Å². The van der Waals surface area contributed by atoms with Crippen LogP contribution >= 0.6 is 24.8 Å². The molecule has 2 saturated heterocycles. The van der Waals surface area contributed by atoms with Crippen molar-refractivity contribution in [3.63, 3.8) is 0 Å². The summed E-state index contributed by atoms with van der Waals surface area (Å²) in [6, 6.07) is 5.80. The van der Waals surface area contributed by atoms with Crippen molar-refractivity contribution >= 4 is 36.8 Å². The lowest BCUT2D eigenvalue weighted by Crippen LogP contribution is -2.57. The number of aromatic nitrogens is 2. The van der Waals surface area contributed by atoms with Crippen LogP contribution in [0.5, 0.6) is 0 Å². The summed E-state index contributed by atoms with van der Waals surface area (Å²) < 4.78 is 15.2. The van der Waals surface area contributed by atoms with Gasteiger partial charge >= 0.3 is 6.03 Å². The molecule has 2 aliphatic rings. The molecule has 1 unspecified atom stereocenters. The number of carbonyl (C=O) groups is 2. The van der Waals surface area contributed by atoms with Gasteiger partial charge in [-0.15, -0.1) is 24.8 Å². The molecule has 30 heavy (non-hydrogen) atoms. The summed E-state index contributed by atoms with van der Waals surface area (Å²) in [7, 11) is 0. The molecule has 2 N–H and O–H groups in total. The SMILES string of the molecule is Cl.Cl.O=C1NC(Cc2ccc(F)cc2)(C2CCNCC2)C(=O)N1CCn1ccnc1. The highest BCUT2D eigenvalue weighted by Crippen LogP contribution is 2.35. The van der Waals surface area contributed by atoms with Crippen molar-refractivity contribution < 1.29 is 14.0 Å². The van der Waals surface area contributed by atoms with Gasteiger partial charge in [-0.05, 0) is 49.5 Å². The Balaban J connectivity index is 0.00000160. The van der Waals surface area contributed by atoms with E-state index in [4.69, 9.17) is 0 Å². The predicted molar refractivity (Wildman–Crippen MR) is 115 cm³/mol. The van der Waals surface area contributed by atoms with Crippen LogP contribution in [-0.4, -0.2) is 51.6 Å². The first kappa shape index (κ1) is 24.1. The number of urea groups is 1. The highest BCUT2D eigenvalue weighted by atomic mass is 35.5. The highest BCUT2D eigenvalue weighted by molar-refractivity contribution is 6.07. The smallest absolute Gasteiger partial charge is 0.325 e. The zero-order chi connectivity index (χ0) is 19.6. The zero-order valence-electron chi connectivity index (χ0n) is 16.4. The molecule has 164 valence electrons. The summed E-state index contributed by atoms with van der Waals surface area (Å²) in [6.45, 7) is 2.41. The number of amides is 3. The van der Waals surface area contributed by atoms with Crippen LogP contribution in [0.2, 0.25) is 0 Å². The fourth-order valence-electron chi connectivity index (χ4n) is 4.26. The van der Waals surface area contributed by atoms with Crippen molar-refractivity contribution in [2.45, 2.75) is 31.3 Å². The van der Waals surface area contributed by atoms with Gasteiger partial charge in [0.05, 0.1) is 6.33 Å². The van der Waals surface area contributed by atoms with Gasteiger partial charge in [0.1, 0.15) is 11.4 Å². The van der Waals surface area contributed by atoms with E-state index in [2.05, 4.69) is 15.6 Å². The molecule has 0 bridgehead atoms. The number of hydrogen-bond acceptors (Lipinski definition) is 4. The topological polar surface area (TPSA) is 79.3 Å². The van der Waals surface area contributed by atoms with E-state index in [1.807, 2.05) is 4.57 Å². The molecule has 1 atom stereocenters. The molecule has 0 saturated carbocycles. The van der Waals surface area contributed by atoms with Crippen LogP contribution in [0.4, 0.5) is 9.18 Å². The van der Waals surface area contributed by atoms with E-state index in [-0.39, 0.29) is 55.0 Å². The molecule has 7 nitrogen and oxygen atoms in total. The number of carbonyl (C=O) groups excluding carboxylic acids is 2. The Morgan fingerprint density at radius 2 is 1.80 bits per heavy atom. The Hall–Kier alpha value is -2.16. The maximum absolute atomic E-state index is 13.5. The normalized spacial score (nSPS) is 21.7. The van der Waals surface area contributed by atoms with Crippen LogP contribution in [0.3, 0.4) is 0 Å². The lowest BCUT2D eigenvalue weighted by molar-refractivity contribution is -0.133. The van der Waals surface area contributed by atoms with Gasteiger partial charge in [-0.25, -0.2) is 14.2 Å². The molecule has 0 radical (unpaired) electrons. The molecule has 10 heteroatoms. The lowest BCUT2D eigenvalue weighted by atomic mass is 9.74. The first-order valence-electron chi connectivity index (χ1n) is 9.63. The number of benzene rings is 1. The van der Waals surface area contributed by atoms with Crippen molar-refractivity contribution in [2.24, 2.45) is 5.92 Å². The molecular weight excluding hydrogens is 432 g/mol. The first-order chi connectivity index (χ1) is 13.6. The average Bonchev–Trinajstić information content (AvgIpc) is 3.30. The third-order valence-corrected chi connectivity index (χ3v) is 5.78. The Kier molecular flexibility index (Phi) is 8.23. The first-order valence-corrected chi connectivity index (χ1v) is 9.63. The largest absolute Gasteiger partial charge is 0.336 e. The van der Waals surface area contributed by atoms with Gasteiger partial charge in [0.2, 0.25) is 0 Å². The van der Waals surface area contributed by atoms with Crippen molar-refractivity contribution in [2.75, 3.05) is 19.6 Å². The van der Waals surface area contributed by atoms with E-state index in [1.165, 1.54) is 17.0 Å². The number of nitrogens with one attached hydrogen (secondary N) is 2. The van der Waals surface area contributed by atoms with E-state index in [0.717, 1.165) is 31.5 Å². The van der Waals surface area contributed by atoms with Gasteiger partial charge in [-0.2, -0.15) is 0 Å². The minimum absolute atomic E-state index is 0. The third kappa shape index (κ3) is 4.77. The Morgan fingerprint density at radius 3 is 2.43 bits per heavy atom. The molecule has 3 amide bonds. The molecule has 1 aromatic carbocycles. The van der Waals surface area contributed by atoms with Crippen LogP contribution in [0.25, 0.3) is 0 Å². The summed E-state index contributed by atoms with van der Waals surface area (Å²) in [6.07, 6.45) is 7.11. The van der Waals surface area contributed by atoms with Gasteiger partial charge in [0.15, 0.2) is 0 Å². The molecule has 3 heterocycles. The molecular formula is C20H26Cl2FN5O2. The number of imide groups is 1. The molecule has 0 aliphatic carbocycles. The molecule has 2 aromatic rings. The minimum Gasteiger partial charge on any atom is -0.336 e. The molecule has 2 fully saturated rings. The number of halogens is 3. The standard InChI is InChI=1S/C20H24FN5O2.2ClH/c21-17-3-1-15(2-4-17)13-20(16-5-7-22-8-6-16)18(27)26(19(28)24-20)12-11-25-10-9-23-14-25;;/h1-4,9-10,14,16,22H,5-8,11-13H2,(H,24,28);2*1H. The highest BCUT2D eigenvalue weighted by Gasteiger charge is 2.55.